The van der Waals surface area contributed by atoms with Crippen LogP contribution in [0.3, 0.4) is 0 Å². The predicted octanol–water partition coefficient (Wildman–Crippen LogP) is 2.35. The Bertz CT molecular complexity index is 724. The summed E-state index contributed by atoms with van der Waals surface area (Å²) in [5.74, 6) is 2.10. The van der Waals surface area contributed by atoms with Crippen molar-refractivity contribution in [1.29, 1.82) is 0 Å². The summed E-state index contributed by atoms with van der Waals surface area (Å²) in [6, 6.07) is 5.90. The SMILES string of the molecule is COc1cccc2c1OC[C@H](CNc1ncc(F)c(N(C)C)n1)C2. The number of para-hydroxylation sites is 1. The molecule has 128 valence electrons. The lowest BCUT2D eigenvalue weighted by atomic mass is 9.96. The molecular formula is C17H21FN4O2. The molecule has 7 heteroatoms. The Labute approximate surface area is 140 Å². The molecule has 1 aromatic carbocycles. The van der Waals surface area contributed by atoms with Gasteiger partial charge in [0.25, 0.3) is 0 Å². The molecule has 1 aliphatic rings. The maximum absolute atomic E-state index is 13.6. The summed E-state index contributed by atoms with van der Waals surface area (Å²) in [4.78, 5) is 9.81. The Balaban J connectivity index is 1.65. The fraction of sp³-hybridized carbons (Fsp3) is 0.412. The van der Waals surface area contributed by atoms with Gasteiger partial charge in [0.1, 0.15) is 0 Å². The van der Waals surface area contributed by atoms with Crippen LogP contribution in [-0.2, 0) is 6.42 Å². The number of benzene rings is 1. The van der Waals surface area contributed by atoms with Crippen molar-refractivity contribution in [1.82, 2.24) is 9.97 Å². The van der Waals surface area contributed by atoms with E-state index in [2.05, 4.69) is 15.3 Å². The Morgan fingerprint density at radius 2 is 2.25 bits per heavy atom. The van der Waals surface area contributed by atoms with Gasteiger partial charge in [-0.1, -0.05) is 12.1 Å². The summed E-state index contributed by atoms with van der Waals surface area (Å²) in [7, 11) is 5.13. The van der Waals surface area contributed by atoms with Gasteiger partial charge in [0.05, 0.1) is 19.9 Å². The Hall–Kier alpha value is -2.57. The van der Waals surface area contributed by atoms with Gasteiger partial charge in [-0.25, -0.2) is 9.37 Å². The summed E-state index contributed by atoms with van der Waals surface area (Å²) in [6.45, 7) is 1.23. The Morgan fingerprint density at radius 1 is 1.42 bits per heavy atom. The fourth-order valence-corrected chi connectivity index (χ4v) is 2.74. The topological polar surface area (TPSA) is 59.5 Å². The highest BCUT2D eigenvalue weighted by Crippen LogP contribution is 2.35. The normalized spacial score (nSPS) is 16.1. The Kier molecular flexibility index (Phi) is 4.69. The highest BCUT2D eigenvalue weighted by molar-refractivity contribution is 5.48. The first-order valence-electron chi connectivity index (χ1n) is 7.81. The van der Waals surface area contributed by atoms with E-state index in [4.69, 9.17) is 9.47 Å². The Morgan fingerprint density at radius 3 is 3.00 bits per heavy atom. The molecular weight excluding hydrogens is 311 g/mol. The number of nitrogens with zero attached hydrogens (tertiary/aromatic N) is 3. The van der Waals surface area contributed by atoms with Gasteiger partial charge in [-0.2, -0.15) is 4.98 Å². The van der Waals surface area contributed by atoms with E-state index in [1.807, 2.05) is 18.2 Å². The molecule has 0 aliphatic carbocycles. The molecule has 1 aliphatic heterocycles. The molecule has 2 heterocycles. The summed E-state index contributed by atoms with van der Waals surface area (Å²) in [5.41, 5.74) is 1.13. The summed E-state index contributed by atoms with van der Waals surface area (Å²) >= 11 is 0. The molecule has 0 saturated carbocycles. The number of anilines is 2. The molecule has 0 unspecified atom stereocenters. The van der Waals surface area contributed by atoms with E-state index in [0.717, 1.165) is 23.5 Å². The predicted molar refractivity (Wildman–Crippen MR) is 90.5 cm³/mol. The number of hydrogen-bond donors (Lipinski definition) is 1. The maximum Gasteiger partial charge on any atom is 0.224 e. The van der Waals surface area contributed by atoms with Crippen molar-refractivity contribution in [3.63, 3.8) is 0 Å². The van der Waals surface area contributed by atoms with Crippen LogP contribution in [0.4, 0.5) is 16.2 Å². The molecule has 1 N–H and O–H groups in total. The zero-order valence-electron chi connectivity index (χ0n) is 14.0. The number of hydrogen-bond acceptors (Lipinski definition) is 6. The molecule has 0 bridgehead atoms. The van der Waals surface area contributed by atoms with E-state index in [-0.39, 0.29) is 11.7 Å². The zero-order chi connectivity index (χ0) is 17.1. The van der Waals surface area contributed by atoms with Crippen LogP contribution in [0.5, 0.6) is 11.5 Å². The molecule has 24 heavy (non-hydrogen) atoms. The third kappa shape index (κ3) is 3.34. The average Bonchev–Trinajstić information content (AvgIpc) is 2.60. The molecule has 3 rings (SSSR count). The van der Waals surface area contributed by atoms with Gasteiger partial charge < -0.3 is 19.7 Å². The molecule has 0 amide bonds. The number of aromatic nitrogens is 2. The minimum atomic E-state index is -0.437. The number of rotatable bonds is 5. The third-order valence-electron chi connectivity index (χ3n) is 3.95. The number of ether oxygens (including phenoxy) is 2. The quantitative estimate of drug-likeness (QED) is 0.907. The second kappa shape index (κ2) is 6.90. The van der Waals surface area contributed by atoms with Gasteiger partial charge in [-0.3, -0.25) is 0 Å². The van der Waals surface area contributed by atoms with Crippen molar-refractivity contribution in [3.8, 4) is 11.5 Å². The largest absolute Gasteiger partial charge is 0.493 e. The van der Waals surface area contributed by atoms with Crippen molar-refractivity contribution in [2.24, 2.45) is 5.92 Å². The van der Waals surface area contributed by atoms with Crippen LogP contribution in [0.1, 0.15) is 5.56 Å². The van der Waals surface area contributed by atoms with Crippen molar-refractivity contribution < 1.29 is 13.9 Å². The lowest BCUT2D eigenvalue weighted by molar-refractivity contribution is 0.218. The molecule has 1 aromatic heterocycles. The number of halogens is 1. The number of methoxy groups -OCH3 is 1. The van der Waals surface area contributed by atoms with E-state index in [9.17, 15) is 4.39 Å². The van der Waals surface area contributed by atoms with Gasteiger partial charge >= 0.3 is 0 Å². The van der Waals surface area contributed by atoms with E-state index in [1.165, 1.54) is 6.20 Å². The molecule has 0 spiro atoms. The number of fused-ring (bicyclic) bond motifs is 1. The van der Waals surface area contributed by atoms with Gasteiger partial charge in [0.15, 0.2) is 23.1 Å². The van der Waals surface area contributed by atoms with Crippen LogP contribution in [0.25, 0.3) is 0 Å². The minimum absolute atomic E-state index is 0.266. The molecule has 2 aromatic rings. The standard InChI is InChI=1S/C17H21FN4O2/c1-22(2)16-13(18)9-20-17(21-16)19-8-11-7-12-5-4-6-14(23-3)15(12)24-10-11/h4-6,9,11H,7-8,10H2,1-3H3,(H,19,20,21)/t11-/m0/s1. The van der Waals surface area contributed by atoms with E-state index < -0.39 is 5.82 Å². The molecule has 0 fully saturated rings. The average molecular weight is 332 g/mol. The lowest BCUT2D eigenvalue weighted by Gasteiger charge is -2.26. The second-order valence-corrected chi connectivity index (χ2v) is 5.97. The summed E-state index contributed by atoms with van der Waals surface area (Å²) < 4.78 is 24.8. The van der Waals surface area contributed by atoms with Crippen LogP contribution in [0.2, 0.25) is 0 Å². The molecule has 0 radical (unpaired) electrons. The van der Waals surface area contributed by atoms with E-state index in [0.29, 0.717) is 19.1 Å². The van der Waals surface area contributed by atoms with E-state index in [1.54, 1.807) is 26.1 Å². The van der Waals surface area contributed by atoms with Crippen molar-refractivity contribution in [2.45, 2.75) is 6.42 Å². The lowest BCUT2D eigenvalue weighted by Crippen LogP contribution is -2.28. The van der Waals surface area contributed by atoms with Crippen LogP contribution >= 0.6 is 0 Å². The van der Waals surface area contributed by atoms with Gasteiger partial charge in [-0.15, -0.1) is 0 Å². The minimum Gasteiger partial charge on any atom is -0.493 e. The van der Waals surface area contributed by atoms with E-state index >= 15 is 0 Å². The van der Waals surface area contributed by atoms with Crippen LogP contribution in [0.15, 0.2) is 24.4 Å². The molecule has 0 saturated heterocycles. The van der Waals surface area contributed by atoms with Gasteiger partial charge in [-0.05, 0) is 18.1 Å². The second-order valence-electron chi connectivity index (χ2n) is 5.97. The third-order valence-corrected chi connectivity index (χ3v) is 3.95. The first kappa shape index (κ1) is 16.3. The first-order valence-corrected chi connectivity index (χ1v) is 7.81. The monoisotopic (exact) mass is 332 g/mol. The number of nitrogens with one attached hydrogen (secondary N) is 1. The van der Waals surface area contributed by atoms with Crippen molar-refractivity contribution >= 4 is 11.8 Å². The van der Waals surface area contributed by atoms with Crippen molar-refractivity contribution in [3.05, 3.63) is 35.8 Å². The zero-order valence-corrected chi connectivity index (χ0v) is 14.0. The maximum atomic E-state index is 13.6. The first-order chi connectivity index (χ1) is 11.6. The highest BCUT2D eigenvalue weighted by atomic mass is 19.1. The molecule has 1 atom stereocenters. The molecule has 6 nitrogen and oxygen atoms in total. The van der Waals surface area contributed by atoms with Gasteiger partial charge in [0, 0.05) is 26.6 Å². The van der Waals surface area contributed by atoms with Gasteiger partial charge in [0.2, 0.25) is 5.95 Å². The highest BCUT2D eigenvalue weighted by Gasteiger charge is 2.22. The smallest absolute Gasteiger partial charge is 0.224 e. The van der Waals surface area contributed by atoms with Crippen LogP contribution < -0.4 is 19.7 Å². The summed E-state index contributed by atoms with van der Waals surface area (Å²) in [5, 5.41) is 3.17. The fourth-order valence-electron chi connectivity index (χ4n) is 2.74. The summed E-state index contributed by atoms with van der Waals surface area (Å²) in [6.07, 6.45) is 2.06. The van der Waals surface area contributed by atoms with Crippen molar-refractivity contribution in [2.75, 3.05) is 44.6 Å². The van der Waals surface area contributed by atoms with Crippen LogP contribution in [-0.4, -0.2) is 44.3 Å². The van der Waals surface area contributed by atoms with Crippen LogP contribution in [0, 0.1) is 11.7 Å².